The molecule has 1 N–H and O–H groups in total. The number of anilines is 1. The van der Waals surface area contributed by atoms with Crippen LogP contribution >= 0.6 is 0 Å². The number of para-hydroxylation sites is 1. The van der Waals surface area contributed by atoms with E-state index in [0.29, 0.717) is 0 Å². The van der Waals surface area contributed by atoms with Gasteiger partial charge in [-0.2, -0.15) is 0 Å². The quantitative estimate of drug-likeness (QED) is 0.869. The number of ether oxygens (including phenoxy) is 1. The summed E-state index contributed by atoms with van der Waals surface area (Å²) in [5.41, 5.74) is 2.20. The van der Waals surface area contributed by atoms with Crippen molar-refractivity contribution in [3.05, 3.63) is 54.4 Å². The predicted octanol–water partition coefficient (Wildman–Crippen LogP) is 3.65. The number of rotatable bonds is 5. The lowest BCUT2D eigenvalue weighted by Gasteiger charge is -2.20. The van der Waals surface area contributed by atoms with Gasteiger partial charge in [-0.1, -0.05) is 25.1 Å². The molecule has 1 unspecified atom stereocenters. The van der Waals surface area contributed by atoms with Crippen molar-refractivity contribution in [2.24, 2.45) is 0 Å². The first kappa shape index (κ1) is 12.4. The zero-order valence-electron chi connectivity index (χ0n) is 10.8. The van der Waals surface area contributed by atoms with Gasteiger partial charge in [-0.05, 0) is 24.6 Å². The molecule has 0 aliphatic rings. The van der Waals surface area contributed by atoms with E-state index in [0.717, 1.165) is 17.9 Å². The second-order valence-corrected chi connectivity index (χ2v) is 4.09. The van der Waals surface area contributed by atoms with Gasteiger partial charge in [0, 0.05) is 18.0 Å². The standard InChI is InChI=1S/C15H18N2O/c1-3-14(17-12-7-6-10-16-11-12)13-8-4-5-9-15(13)18-2/h4-11,14,17H,3H2,1-2H3. The van der Waals surface area contributed by atoms with Gasteiger partial charge in [0.1, 0.15) is 5.75 Å². The third-order valence-electron chi connectivity index (χ3n) is 2.93. The Kier molecular flexibility index (Phi) is 4.18. The summed E-state index contributed by atoms with van der Waals surface area (Å²) >= 11 is 0. The van der Waals surface area contributed by atoms with Crippen LogP contribution in [0.1, 0.15) is 24.9 Å². The van der Waals surface area contributed by atoms with E-state index in [4.69, 9.17) is 4.74 Å². The molecule has 0 fully saturated rings. The average molecular weight is 242 g/mol. The molecule has 0 spiro atoms. The van der Waals surface area contributed by atoms with Crippen LogP contribution in [0, 0.1) is 0 Å². The molecule has 1 aromatic heterocycles. The first-order chi connectivity index (χ1) is 8.85. The third-order valence-corrected chi connectivity index (χ3v) is 2.93. The fraction of sp³-hybridized carbons (Fsp3) is 0.267. The number of benzene rings is 1. The zero-order chi connectivity index (χ0) is 12.8. The van der Waals surface area contributed by atoms with Crippen molar-refractivity contribution >= 4 is 5.69 Å². The monoisotopic (exact) mass is 242 g/mol. The van der Waals surface area contributed by atoms with Crippen molar-refractivity contribution < 1.29 is 4.74 Å². The summed E-state index contributed by atoms with van der Waals surface area (Å²) in [5, 5.41) is 3.48. The Balaban J connectivity index is 2.23. The summed E-state index contributed by atoms with van der Waals surface area (Å²) in [5.74, 6) is 0.917. The largest absolute Gasteiger partial charge is 0.496 e. The molecular formula is C15H18N2O. The molecule has 1 aromatic carbocycles. The molecule has 3 heteroatoms. The Morgan fingerprint density at radius 2 is 2.06 bits per heavy atom. The molecule has 18 heavy (non-hydrogen) atoms. The first-order valence-corrected chi connectivity index (χ1v) is 6.14. The van der Waals surface area contributed by atoms with Crippen LogP contribution in [-0.4, -0.2) is 12.1 Å². The van der Waals surface area contributed by atoms with E-state index < -0.39 is 0 Å². The molecule has 0 bridgehead atoms. The molecule has 0 aliphatic carbocycles. The van der Waals surface area contributed by atoms with Gasteiger partial charge in [-0.25, -0.2) is 0 Å². The third kappa shape index (κ3) is 2.80. The average Bonchev–Trinajstić information content (AvgIpc) is 2.46. The van der Waals surface area contributed by atoms with E-state index in [1.54, 1.807) is 13.3 Å². The smallest absolute Gasteiger partial charge is 0.124 e. The maximum absolute atomic E-state index is 5.41. The van der Waals surface area contributed by atoms with Gasteiger partial charge in [-0.3, -0.25) is 4.98 Å². The van der Waals surface area contributed by atoms with Crippen LogP contribution in [0.2, 0.25) is 0 Å². The van der Waals surface area contributed by atoms with Crippen LogP contribution in [0.15, 0.2) is 48.8 Å². The molecule has 0 aliphatic heterocycles. The van der Waals surface area contributed by atoms with Crippen LogP contribution in [0.4, 0.5) is 5.69 Å². The van der Waals surface area contributed by atoms with Crippen molar-refractivity contribution in [3.63, 3.8) is 0 Å². The lowest BCUT2D eigenvalue weighted by atomic mass is 10.0. The van der Waals surface area contributed by atoms with E-state index in [-0.39, 0.29) is 6.04 Å². The van der Waals surface area contributed by atoms with Gasteiger partial charge in [0.25, 0.3) is 0 Å². The molecule has 0 saturated carbocycles. The van der Waals surface area contributed by atoms with E-state index in [2.05, 4.69) is 23.3 Å². The van der Waals surface area contributed by atoms with Gasteiger partial charge in [0.2, 0.25) is 0 Å². The summed E-state index contributed by atoms with van der Waals surface area (Å²) in [4.78, 5) is 4.11. The fourth-order valence-electron chi connectivity index (χ4n) is 2.00. The highest BCUT2D eigenvalue weighted by molar-refractivity contribution is 5.46. The summed E-state index contributed by atoms with van der Waals surface area (Å²) < 4.78 is 5.41. The van der Waals surface area contributed by atoms with Crippen molar-refractivity contribution in [2.45, 2.75) is 19.4 Å². The molecule has 3 nitrogen and oxygen atoms in total. The van der Waals surface area contributed by atoms with Gasteiger partial charge < -0.3 is 10.1 Å². The van der Waals surface area contributed by atoms with Gasteiger partial charge in [0.15, 0.2) is 0 Å². The second-order valence-electron chi connectivity index (χ2n) is 4.09. The van der Waals surface area contributed by atoms with Gasteiger partial charge in [0.05, 0.1) is 18.8 Å². The highest BCUT2D eigenvalue weighted by atomic mass is 16.5. The van der Waals surface area contributed by atoms with Crippen molar-refractivity contribution in [1.29, 1.82) is 0 Å². The summed E-state index contributed by atoms with van der Waals surface area (Å²) in [7, 11) is 1.70. The number of hydrogen-bond donors (Lipinski definition) is 1. The number of aromatic nitrogens is 1. The molecule has 2 rings (SSSR count). The molecule has 0 amide bonds. The van der Waals surface area contributed by atoms with Crippen LogP contribution < -0.4 is 10.1 Å². The maximum atomic E-state index is 5.41. The van der Waals surface area contributed by atoms with Crippen LogP contribution in [0.5, 0.6) is 5.75 Å². The Bertz CT molecular complexity index is 485. The Morgan fingerprint density at radius 3 is 2.72 bits per heavy atom. The highest BCUT2D eigenvalue weighted by Crippen LogP contribution is 2.29. The topological polar surface area (TPSA) is 34.2 Å². The van der Waals surface area contributed by atoms with Crippen molar-refractivity contribution in [3.8, 4) is 5.75 Å². The summed E-state index contributed by atoms with van der Waals surface area (Å²) in [6, 6.07) is 12.3. The normalized spacial score (nSPS) is 11.9. The highest BCUT2D eigenvalue weighted by Gasteiger charge is 2.13. The summed E-state index contributed by atoms with van der Waals surface area (Å²) in [6.07, 6.45) is 4.59. The maximum Gasteiger partial charge on any atom is 0.124 e. The van der Waals surface area contributed by atoms with E-state index in [1.807, 2.05) is 36.5 Å². The number of nitrogens with one attached hydrogen (secondary N) is 1. The number of methoxy groups -OCH3 is 1. The van der Waals surface area contributed by atoms with Crippen LogP contribution in [0.3, 0.4) is 0 Å². The lowest BCUT2D eigenvalue weighted by molar-refractivity contribution is 0.406. The SMILES string of the molecule is CCC(Nc1cccnc1)c1ccccc1OC. The minimum Gasteiger partial charge on any atom is -0.496 e. The molecule has 94 valence electrons. The van der Waals surface area contributed by atoms with Gasteiger partial charge >= 0.3 is 0 Å². The number of nitrogens with zero attached hydrogens (tertiary/aromatic N) is 1. The zero-order valence-corrected chi connectivity index (χ0v) is 10.8. The van der Waals surface area contributed by atoms with Crippen molar-refractivity contribution in [1.82, 2.24) is 4.98 Å². The molecular weight excluding hydrogens is 224 g/mol. The first-order valence-electron chi connectivity index (χ1n) is 6.14. The minimum absolute atomic E-state index is 0.227. The molecule has 2 aromatic rings. The van der Waals surface area contributed by atoms with Gasteiger partial charge in [-0.15, -0.1) is 0 Å². The fourth-order valence-corrected chi connectivity index (χ4v) is 2.00. The lowest BCUT2D eigenvalue weighted by Crippen LogP contribution is -2.11. The summed E-state index contributed by atoms with van der Waals surface area (Å²) in [6.45, 7) is 2.15. The Hall–Kier alpha value is -2.03. The van der Waals surface area contributed by atoms with E-state index in [1.165, 1.54) is 5.56 Å². The van der Waals surface area contributed by atoms with Crippen molar-refractivity contribution in [2.75, 3.05) is 12.4 Å². The van der Waals surface area contributed by atoms with Crippen LogP contribution in [-0.2, 0) is 0 Å². The molecule has 1 heterocycles. The second kappa shape index (κ2) is 6.05. The Morgan fingerprint density at radius 1 is 1.22 bits per heavy atom. The number of pyridine rings is 1. The Labute approximate surface area is 108 Å². The van der Waals surface area contributed by atoms with E-state index >= 15 is 0 Å². The van der Waals surface area contributed by atoms with E-state index in [9.17, 15) is 0 Å². The molecule has 0 saturated heterocycles. The number of hydrogen-bond acceptors (Lipinski definition) is 3. The molecule has 0 radical (unpaired) electrons. The van der Waals surface area contributed by atoms with Crippen LogP contribution in [0.25, 0.3) is 0 Å². The minimum atomic E-state index is 0.227. The predicted molar refractivity (Wildman–Crippen MR) is 73.9 cm³/mol. The molecule has 1 atom stereocenters.